The molecule has 0 radical (unpaired) electrons. The van der Waals surface area contributed by atoms with Gasteiger partial charge in [0.2, 0.25) is 0 Å². The summed E-state index contributed by atoms with van der Waals surface area (Å²) in [6, 6.07) is 0. The van der Waals surface area contributed by atoms with Gasteiger partial charge in [-0.3, -0.25) is 0 Å². The van der Waals surface area contributed by atoms with Crippen molar-refractivity contribution < 1.29 is 4.79 Å². The van der Waals surface area contributed by atoms with Crippen molar-refractivity contribution in [2.45, 2.75) is 6.42 Å². The predicted molar refractivity (Wildman–Crippen MR) is 48.4 cm³/mol. The molecule has 0 aliphatic carbocycles. The summed E-state index contributed by atoms with van der Waals surface area (Å²) in [4.78, 5) is 20.3. The van der Waals surface area contributed by atoms with E-state index >= 15 is 0 Å². The molecule has 1 aromatic rings. The largest absolute Gasteiger partial charge is 0.368 e. The van der Waals surface area contributed by atoms with E-state index < -0.39 is 0 Å². The Balaban J connectivity index is 1.90. The van der Waals surface area contributed by atoms with Crippen molar-refractivity contribution in [3.8, 4) is 0 Å². The number of hydrogen-bond acceptors (Lipinski definition) is 4. The Hall–Kier alpha value is -1.45. The van der Waals surface area contributed by atoms with Crippen LogP contribution >= 0.6 is 0 Å². The minimum Gasteiger partial charge on any atom is -0.368 e. The highest BCUT2D eigenvalue weighted by molar-refractivity contribution is 5.52. The number of rotatable bonds is 3. The van der Waals surface area contributed by atoms with Crippen LogP contribution in [0.25, 0.3) is 0 Å². The standard InChI is InChI=1S/C9H11N3O/c13-2-1-8-5-12(6-8)9-3-10-7-11-4-9/h2-4,7-8H,1,5-6H2. The first-order valence-electron chi connectivity index (χ1n) is 4.33. The van der Waals surface area contributed by atoms with Crippen molar-refractivity contribution in [3.05, 3.63) is 18.7 Å². The number of nitrogens with zero attached hydrogens (tertiary/aromatic N) is 3. The van der Waals surface area contributed by atoms with Gasteiger partial charge in [-0.25, -0.2) is 9.97 Å². The van der Waals surface area contributed by atoms with Gasteiger partial charge in [0, 0.05) is 25.4 Å². The van der Waals surface area contributed by atoms with Crippen LogP contribution in [-0.2, 0) is 4.79 Å². The van der Waals surface area contributed by atoms with E-state index in [-0.39, 0.29) is 0 Å². The molecule has 0 atom stereocenters. The van der Waals surface area contributed by atoms with Gasteiger partial charge in [0.15, 0.2) is 0 Å². The van der Waals surface area contributed by atoms with E-state index in [0.29, 0.717) is 12.3 Å². The van der Waals surface area contributed by atoms with E-state index in [9.17, 15) is 4.79 Å². The zero-order valence-electron chi connectivity index (χ0n) is 7.26. The summed E-state index contributed by atoms with van der Waals surface area (Å²) in [5, 5.41) is 0. The highest BCUT2D eigenvalue weighted by Crippen LogP contribution is 2.23. The molecule has 1 aromatic heterocycles. The summed E-state index contributed by atoms with van der Waals surface area (Å²) >= 11 is 0. The maximum atomic E-state index is 10.2. The average Bonchev–Trinajstić information content (AvgIpc) is 2.12. The van der Waals surface area contributed by atoms with Gasteiger partial charge in [-0.05, 0) is 0 Å². The molecule has 0 saturated carbocycles. The number of hydrogen-bond donors (Lipinski definition) is 0. The third-order valence-corrected chi connectivity index (χ3v) is 2.30. The fourth-order valence-electron chi connectivity index (χ4n) is 1.52. The molecular weight excluding hydrogens is 166 g/mol. The Labute approximate surface area is 76.6 Å². The zero-order chi connectivity index (χ0) is 9.10. The quantitative estimate of drug-likeness (QED) is 0.631. The van der Waals surface area contributed by atoms with Crippen LogP contribution in [0.15, 0.2) is 18.7 Å². The first-order chi connectivity index (χ1) is 6.40. The van der Waals surface area contributed by atoms with Crippen molar-refractivity contribution in [2.75, 3.05) is 18.0 Å². The van der Waals surface area contributed by atoms with Gasteiger partial charge in [0.25, 0.3) is 0 Å². The maximum absolute atomic E-state index is 10.2. The van der Waals surface area contributed by atoms with Crippen molar-refractivity contribution in [1.29, 1.82) is 0 Å². The van der Waals surface area contributed by atoms with E-state index in [2.05, 4.69) is 14.9 Å². The maximum Gasteiger partial charge on any atom is 0.120 e. The van der Waals surface area contributed by atoms with Crippen LogP contribution in [0.1, 0.15) is 6.42 Å². The Morgan fingerprint density at radius 2 is 2.15 bits per heavy atom. The van der Waals surface area contributed by atoms with Crippen LogP contribution in [0.2, 0.25) is 0 Å². The molecule has 1 fully saturated rings. The topological polar surface area (TPSA) is 46.1 Å². The molecule has 0 amide bonds. The number of carbonyl (C=O) groups is 1. The second kappa shape index (κ2) is 3.51. The van der Waals surface area contributed by atoms with Crippen LogP contribution in [0.4, 0.5) is 5.69 Å². The number of anilines is 1. The molecule has 4 nitrogen and oxygen atoms in total. The van der Waals surface area contributed by atoms with Crippen LogP contribution in [0.3, 0.4) is 0 Å². The van der Waals surface area contributed by atoms with Crippen molar-refractivity contribution in [2.24, 2.45) is 5.92 Å². The minimum atomic E-state index is 0.526. The fourth-order valence-corrected chi connectivity index (χ4v) is 1.52. The predicted octanol–water partition coefficient (Wildman–Crippen LogP) is 0.502. The smallest absolute Gasteiger partial charge is 0.120 e. The van der Waals surface area contributed by atoms with Crippen molar-refractivity contribution in [1.82, 2.24) is 9.97 Å². The highest BCUT2D eigenvalue weighted by Gasteiger charge is 2.26. The normalized spacial score (nSPS) is 16.8. The Morgan fingerprint density at radius 1 is 1.46 bits per heavy atom. The van der Waals surface area contributed by atoms with Crippen LogP contribution < -0.4 is 4.90 Å². The lowest BCUT2D eigenvalue weighted by Gasteiger charge is -2.39. The third kappa shape index (κ3) is 1.66. The molecule has 4 heteroatoms. The van der Waals surface area contributed by atoms with Gasteiger partial charge >= 0.3 is 0 Å². The first kappa shape index (κ1) is 8.16. The summed E-state index contributed by atoms with van der Waals surface area (Å²) < 4.78 is 0. The van der Waals surface area contributed by atoms with E-state index in [1.54, 1.807) is 12.4 Å². The highest BCUT2D eigenvalue weighted by atomic mass is 16.1. The molecule has 1 aliphatic heterocycles. The molecule has 68 valence electrons. The van der Waals surface area contributed by atoms with Gasteiger partial charge in [-0.2, -0.15) is 0 Å². The lowest BCUT2D eigenvalue weighted by Crippen LogP contribution is -2.46. The van der Waals surface area contributed by atoms with Crippen molar-refractivity contribution >= 4 is 12.0 Å². The molecule has 1 saturated heterocycles. The monoisotopic (exact) mass is 177 g/mol. The summed E-state index contributed by atoms with van der Waals surface area (Å²) in [5.41, 5.74) is 1.05. The zero-order valence-corrected chi connectivity index (χ0v) is 7.26. The van der Waals surface area contributed by atoms with Crippen LogP contribution in [0.5, 0.6) is 0 Å². The van der Waals surface area contributed by atoms with E-state index in [4.69, 9.17) is 0 Å². The average molecular weight is 177 g/mol. The van der Waals surface area contributed by atoms with Gasteiger partial charge in [-0.15, -0.1) is 0 Å². The third-order valence-electron chi connectivity index (χ3n) is 2.30. The molecule has 0 aromatic carbocycles. The minimum absolute atomic E-state index is 0.526. The van der Waals surface area contributed by atoms with Gasteiger partial charge < -0.3 is 9.69 Å². The second-order valence-electron chi connectivity index (χ2n) is 3.27. The van der Waals surface area contributed by atoms with E-state index in [1.807, 2.05) is 0 Å². The second-order valence-corrected chi connectivity index (χ2v) is 3.27. The van der Waals surface area contributed by atoms with Gasteiger partial charge in [0.05, 0.1) is 18.1 Å². The molecular formula is C9H11N3O. The summed E-state index contributed by atoms with van der Waals surface area (Å²) in [6.45, 7) is 1.90. The van der Waals surface area contributed by atoms with E-state index in [0.717, 1.165) is 25.1 Å². The first-order valence-corrected chi connectivity index (χ1v) is 4.33. The Morgan fingerprint density at radius 3 is 2.77 bits per heavy atom. The molecule has 0 unspecified atom stereocenters. The number of aldehydes is 1. The molecule has 0 spiro atoms. The molecule has 0 N–H and O–H groups in total. The molecule has 0 bridgehead atoms. The number of carbonyl (C=O) groups excluding carboxylic acids is 1. The van der Waals surface area contributed by atoms with Crippen LogP contribution in [0, 0.1) is 5.92 Å². The molecule has 2 rings (SSSR count). The fraction of sp³-hybridized carbons (Fsp3) is 0.444. The Bertz CT molecular complexity index is 282. The molecule has 13 heavy (non-hydrogen) atoms. The lowest BCUT2D eigenvalue weighted by molar-refractivity contribution is -0.108. The summed E-state index contributed by atoms with van der Waals surface area (Å²) in [5.74, 6) is 0.526. The van der Waals surface area contributed by atoms with Crippen LogP contribution in [-0.4, -0.2) is 29.3 Å². The summed E-state index contributed by atoms with van der Waals surface area (Å²) in [7, 11) is 0. The SMILES string of the molecule is O=CCC1CN(c2cncnc2)C1. The van der Waals surface area contributed by atoms with Gasteiger partial charge in [0.1, 0.15) is 12.6 Å². The summed E-state index contributed by atoms with van der Waals surface area (Å²) in [6.07, 6.45) is 6.77. The van der Waals surface area contributed by atoms with Gasteiger partial charge in [-0.1, -0.05) is 0 Å². The lowest BCUT2D eigenvalue weighted by atomic mass is 9.97. The Kier molecular flexibility index (Phi) is 2.21. The molecule has 1 aliphatic rings. The number of aromatic nitrogens is 2. The van der Waals surface area contributed by atoms with Crippen molar-refractivity contribution in [3.63, 3.8) is 0 Å². The molecule has 2 heterocycles. The van der Waals surface area contributed by atoms with E-state index in [1.165, 1.54) is 6.33 Å².